The summed E-state index contributed by atoms with van der Waals surface area (Å²) in [5, 5.41) is 3.26. The molecular formula is C27H27N3O3. The first kappa shape index (κ1) is 22.3. The molecule has 33 heavy (non-hydrogen) atoms. The lowest BCUT2D eigenvalue weighted by Gasteiger charge is -2.16. The van der Waals surface area contributed by atoms with Gasteiger partial charge in [0.25, 0.3) is 11.8 Å². The maximum atomic E-state index is 13.5. The molecule has 6 heteroatoms. The van der Waals surface area contributed by atoms with Gasteiger partial charge in [0.1, 0.15) is 11.4 Å². The highest BCUT2D eigenvalue weighted by molar-refractivity contribution is 6.36. The molecule has 168 valence electrons. The van der Waals surface area contributed by atoms with Crippen LogP contribution in [0.1, 0.15) is 36.1 Å². The van der Waals surface area contributed by atoms with E-state index < -0.39 is 0 Å². The van der Waals surface area contributed by atoms with Crippen LogP contribution in [0.3, 0.4) is 0 Å². The molecular weight excluding hydrogens is 414 g/mol. The lowest BCUT2D eigenvalue weighted by atomic mass is 10.0. The summed E-state index contributed by atoms with van der Waals surface area (Å²) in [4.78, 5) is 32.3. The number of ether oxygens (including phenoxy) is 1. The van der Waals surface area contributed by atoms with Crippen LogP contribution in [0.5, 0.6) is 5.75 Å². The molecule has 1 aliphatic heterocycles. The second-order valence-electron chi connectivity index (χ2n) is 8.37. The maximum absolute atomic E-state index is 13.5. The molecule has 2 heterocycles. The van der Waals surface area contributed by atoms with Gasteiger partial charge in [-0.15, -0.1) is 0 Å². The summed E-state index contributed by atoms with van der Waals surface area (Å²) in [5.74, 6) is 0.0128. The number of rotatable bonds is 7. The molecule has 0 spiro atoms. The van der Waals surface area contributed by atoms with E-state index in [4.69, 9.17) is 4.74 Å². The third-order valence-electron chi connectivity index (χ3n) is 5.61. The van der Waals surface area contributed by atoms with E-state index in [1.54, 1.807) is 18.5 Å². The zero-order chi connectivity index (χ0) is 23.5. The summed E-state index contributed by atoms with van der Waals surface area (Å²) in [6, 6.07) is 16.8. The Kier molecular flexibility index (Phi) is 6.27. The number of carbonyl (C=O) groups is 2. The van der Waals surface area contributed by atoms with Crippen LogP contribution in [0.4, 0.5) is 5.69 Å². The highest BCUT2D eigenvalue weighted by Crippen LogP contribution is 2.33. The largest absolute Gasteiger partial charge is 0.491 e. The molecule has 4 rings (SSSR count). The van der Waals surface area contributed by atoms with Gasteiger partial charge in [-0.3, -0.25) is 19.5 Å². The van der Waals surface area contributed by atoms with E-state index in [2.05, 4.69) is 10.3 Å². The normalized spacial score (nSPS) is 13.8. The number of benzene rings is 2. The van der Waals surface area contributed by atoms with Crippen LogP contribution in [-0.2, 0) is 16.1 Å². The van der Waals surface area contributed by atoms with Crippen molar-refractivity contribution in [1.29, 1.82) is 0 Å². The van der Waals surface area contributed by atoms with Crippen molar-refractivity contribution < 1.29 is 14.3 Å². The number of aryl methyl sites for hydroxylation is 1. The fourth-order valence-electron chi connectivity index (χ4n) is 3.77. The highest BCUT2D eigenvalue weighted by atomic mass is 16.5. The standard InChI is InChI=1S/C27H27N3O3/c1-17(2)33-22-12-10-21(11-13-22)24-25(29-23-9-5-7-18(3)19(23)4)27(32)30(26(24)31)16-20-8-6-14-28-15-20/h5-15,17,29H,16H2,1-4H3. The molecule has 6 nitrogen and oxygen atoms in total. The van der Waals surface area contributed by atoms with Crippen molar-refractivity contribution in [2.45, 2.75) is 40.3 Å². The molecule has 0 saturated carbocycles. The van der Waals surface area contributed by atoms with E-state index >= 15 is 0 Å². The lowest BCUT2D eigenvalue weighted by Crippen LogP contribution is -2.32. The molecule has 2 amide bonds. The number of pyridine rings is 1. The highest BCUT2D eigenvalue weighted by Gasteiger charge is 2.39. The Bertz CT molecular complexity index is 1220. The van der Waals surface area contributed by atoms with Crippen molar-refractivity contribution in [1.82, 2.24) is 9.88 Å². The van der Waals surface area contributed by atoms with Gasteiger partial charge in [0.05, 0.1) is 18.2 Å². The van der Waals surface area contributed by atoms with E-state index in [1.807, 2.05) is 76.2 Å². The van der Waals surface area contributed by atoms with Crippen LogP contribution in [0.25, 0.3) is 5.57 Å². The van der Waals surface area contributed by atoms with Crippen LogP contribution >= 0.6 is 0 Å². The number of nitrogens with zero attached hydrogens (tertiary/aromatic N) is 2. The Balaban J connectivity index is 1.74. The average Bonchev–Trinajstić information content (AvgIpc) is 3.02. The molecule has 0 atom stereocenters. The Morgan fingerprint density at radius 1 is 0.970 bits per heavy atom. The van der Waals surface area contributed by atoms with Gasteiger partial charge in [-0.05, 0) is 74.2 Å². The number of nitrogens with one attached hydrogen (secondary N) is 1. The topological polar surface area (TPSA) is 71.5 Å². The first-order chi connectivity index (χ1) is 15.8. The minimum Gasteiger partial charge on any atom is -0.491 e. The number of amides is 2. The van der Waals surface area contributed by atoms with Gasteiger partial charge >= 0.3 is 0 Å². The molecule has 0 fully saturated rings. The minimum absolute atomic E-state index is 0.0428. The van der Waals surface area contributed by atoms with E-state index in [0.29, 0.717) is 16.9 Å². The molecule has 2 aromatic carbocycles. The van der Waals surface area contributed by atoms with Crippen LogP contribution < -0.4 is 10.1 Å². The first-order valence-corrected chi connectivity index (χ1v) is 10.9. The quantitative estimate of drug-likeness (QED) is 0.529. The summed E-state index contributed by atoms with van der Waals surface area (Å²) in [6.07, 6.45) is 3.37. The summed E-state index contributed by atoms with van der Waals surface area (Å²) in [7, 11) is 0. The minimum atomic E-state index is -0.359. The predicted molar refractivity (Wildman–Crippen MR) is 128 cm³/mol. The second kappa shape index (κ2) is 9.28. The number of carbonyl (C=O) groups excluding carboxylic acids is 2. The Labute approximate surface area is 193 Å². The molecule has 0 aliphatic carbocycles. The smallest absolute Gasteiger partial charge is 0.278 e. The third-order valence-corrected chi connectivity index (χ3v) is 5.61. The van der Waals surface area contributed by atoms with Crippen molar-refractivity contribution in [3.63, 3.8) is 0 Å². The van der Waals surface area contributed by atoms with Gasteiger partial charge < -0.3 is 10.1 Å². The number of anilines is 1. The molecule has 1 aromatic heterocycles. The number of hydrogen-bond acceptors (Lipinski definition) is 5. The molecule has 0 unspecified atom stereocenters. The van der Waals surface area contributed by atoms with Gasteiger partial charge in [0, 0.05) is 18.1 Å². The zero-order valence-electron chi connectivity index (χ0n) is 19.3. The van der Waals surface area contributed by atoms with Gasteiger partial charge in [-0.25, -0.2) is 0 Å². The SMILES string of the molecule is Cc1cccc(NC2=C(c3ccc(OC(C)C)cc3)C(=O)N(Cc3cccnc3)C2=O)c1C. The van der Waals surface area contributed by atoms with Crippen LogP contribution in [0.15, 0.2) is 72.7 Å². The average molecular weight is 442 g/mol. The fraction of sp³-hybridized carbons (Fsp3) is 0.222. The predicted octanol–water partition coefficient (Wildman–Crippen LogP) is 4.88. The maximum Gasteiger partial charge on any atom is 0.278 e. The molecule has 0 radical (unpaired) electrons. The van der Waals surface area contributed by atoms with Crippen molar-refractivity contribution in [3.05, 3.63) is 94.9 Å². The van der Waals surface area contributed by atoms with Gasteiger partial charge in [-0.2, -0.15) is 0 Å². The molecule has 1 N–H and O–H groups in total. The second-order valence-corrected chi connectivity index (χ2v) is 8.37. The van der Waals surface area contributed by atoms with E-state index in [-0.39, 0.29) is 30.2 Å². The van der Waals surface area contributed by atoms with Gasteiger partial charge in [0.2, 0.25) is 0 Å². The summed E-state index contributed by atoms with van der Waals surface area (Å²) < 4.78 is 5.73. The molecule has 0 bridgehead atoms. The van der Waals surface area contributed by atoms with Crippen LogP contribution in [0.2, 0.25) is 0 Å². The fourth-order valence-corrected chi connectivity index (χ4v) is 3.77. The van der Waals surface area contributed by atoms with Crippen molar-refractivity contribution in [2.24, 2.45) is 0 Å². The zero-order valence-corrected chi connectivity index (χ0v) is 19.3. The van der Waals surface area contributed by atoms with Crippen LogP contribution in [-0.4, -0.2) is 27.8 Å². The van der Waals surface area contributed by atoms with Crippen molar-refractivity contribution >= 4 is 23.1 Å². The van der Waals surface area contributed by atoms with Gasteiger partial charge in [-0.1, -0.05) is 30.3 Å². The summed E-state index contributed by atoms with van der Waals surface area (Å²) in [6.45, 7) is 8.07. The monoisotopic (exact) mass is 441 g/mol. The lowest BCUT2D eigenvalue weighted by molar-refractivity contribution is -0.137. The molecule has 3 aromatic rings. The van der Waals surface area contributed by atoms with Crippen molar-refractivity contribution in [3.8, 4) is 5.75 Å². The summed E-state index contributed by atoms with van der Waals surface area (Å²) in [5.41, 5.74) is 4.98. The molecule has 1 aliphatic rings. The Morgan fingerprint density at radius 3 is 2.39 bits per heavy atom. The van der Waals surface area contributed by atoms with Gasteiger partial charge in [0.15, 0.2) is 0 Å². The molecule has 0 saturated heterocycles. The third kappa shape index (κ3) is 4.65. The van der Waals surface area contributed by atoms with E-state index in [1.165, 1.54) is 4.90 Å². The first-order valence-electron chi connectivity index (χ1n) is 10.9. The van der Waals surface area contributed by atoms with E-state index in [0.717, 1.165) is 22.4 Å². The number of aromatic nitrogens is 1. The van der Waals surface area contributed by atoms with Crippen LogP contribution in [0, 0.1) is 13.8 Å². The Morgan fingerprint density at radius 2 is 1.73 bits per heavy atom. The van der Waals surface area contributed by atoms with Crippen molar-refractivity contribution in [2.75, 3.05) is 5.32 Å². The number of imide groups is 1. The van der Waals surface area contributed by atoms with E-state index in [9.17, 15) is 9.59 Å². The summed E-state index contributed by atoms with van der Waals surface area (Å²) >= 11 is 0. The Hall–Kier alpha value is -3.93. The number of hydrogen-bond donors (Lipinski definition) is 1.